The van der Waals surface area contributed by atoms with Gasteiger partial charge in [0.25, 0.3) is 5.91 Å². The molecule has 0 atom stereocenters. The van der Waals surface area contributed by atoms with E-state index in [1.165, 1.54) is 0 Å². The number of hydrogen-bond acceptors (Lipinski definition) is 3. The summed E-state index contributed by atoms with van der Waals surface area (Å²) in [7, 11) is 0. The maximum Gasteiger partial charge on any atom is 0.254 e. The third-order valence-corrected chi connectivity index (χ3v) is 4.19. The summed E-state index contributed by atoms with van der Waals surface area (Å²) in [4.78, 5) is 26.5. The lowest BCUT2D eigenvalue weighted by molar-refractivity contribution is -0.115. The highest BCUT2D eigenvalue weighted by atomic mass is 16.2. The lowest BCUT2D eigenvalue weighted by Crippen LogP contribution is -2.46. The number of carbonyl (C=O) groups is 2. The van der Waals surface area contributed by atoms with Crippen molar-refractivity contribution in [3.05, 3.63) is 29.8 Å². The van der Waals surface area contributed by atoms with Crippen LogP contribution in [0.15, 0.2) is 24.3 Å². The molecule has 1 heterocycles. The molecule has 126 valence electrons. The Morgan fingerprint density at radius 2 is 2.00 bits per heavy atom. The normalized spacial score (nSPS) is 15.2. The number of carbonyl (C=O) groups excluding carboxylic acids is 2. The molecular formula is C18H27N3O2. The molecule has 0 spiro atoms. The van der Waals surface area contributed by atoms with E-state index in [1.54, 1.807) is 6.07 Å². The molecule has 0 unspecified atom stereocenters. The lowest BCUT2D eigenvalue weighted by Gasteiger charge is -2.34. The van der Waals surface area contributed by atoms with Gasteiger partial charge in [0.15, 0.2) is 0 Å². The quantitative estimate of drug-likeness (QED) is 0.848. The summed E-state index contributed by atoms with van der Waals surface area (Å²) in [5.41, 5.74) is 1.33. The van der Waals surface area contributed by atoms with Crippen LogP contribution >= 0.6 is 0 Å². The summed E-state index contributed by atoms with van der Waals surface area (Å²) in [6.07, 6.45) is 3.37. The highest BCUT2D eigenvalue weighted by molar-refractivity contribution is 5.97. The Morgan fingerprint density at radius 3 is 2.65 bits per heavy atom. The maximum absolute atomic E-state index is 12.9. The van der Waals surface area contributed by atoms with Gasteiger partial charge in [0.1, 0.15) is 0 Å². The molecule has 0 bridgehead atoms. The van der Waals surface area contributed by atoms with Gasteiger partial charge in [0.2, 0.25) is 5.91 Å². The molecule has 0 aliphatic carbocycles. The summed E-state index contributed by atoms with van der Waals surface area (Å²) in [6.45, 7) is 6.61. The van der Waals surface area contributed by atoms with Crippen LogP contribution in [0.2, 0.25) is 0 Å². The third-order valence-electron chi connectivity index (χ3n) is 4.19. The summed E-state index contributed by atoms with van der Waals surface area (Å²) in [6, 6.07) is 7.55. The third kappa shape index (κ3) is 4.79. The highest BCUT2D eigenvalue weighted by Gasteiger charge is 2.25. The molecule has 2 rings (SSSR count). The lowest BCUT2D eigenvalue weighted by atomic mass is 10.0. The molecule has 23 heavy (non-hydrogen) atoms. The van der Waals surface area contributed by atoms with Crippen LogP contribution in [-0.4, -0.2) is 42.4 Å². The second-order valence-electron chi connectivity index (χ2n) is 5.96. The Balaban J connectivity index is 2.15. The van der Waals surface area contributed by atoms with E-state index in [0.717, 1.165) is 38.9 Å². The van der Waals surface area contributed by atoms with Gasteiger partial charge in [-0.1, -0.05) is 19.9 Å². The van der Waals surface area contributed by atoms with Gasteiger partial charge in [0, 0.05) is 30.3 Å². The number of amides is 2. The summed E-state index contributed by atoms with van der Waals surface area (Å²) < 4.78 is 0. The second-order valence-corrected chi connectivity index (χ2v) is 5.96. The Kier molecular flexibility index (Phi) is 6.59. The van der Waals surface area contributed by atoms with Crippen LogP contribution in [0.5, 0.6) is 0 Å². The van der Waals surface area contributed by atoms with Crippen LogP contribution in [0.1, 0.15) is 49.9 Å². The van der Waals surface area contributed by atoms with Gasteiger partial charge >= 0.3 is 0 Å². The molecule has 1 aliphatic heterocycles. The molecule has 5 heteroatoms. The van der Waals surface area contributed by atoms with E-state index < -0.39 is 0 Å². The molecule has 2 N–H and O–H groups in total. The number of benzene rings is 1. The van der Waals surface area contributed by atoms with Crippen LogP contribution < -0.4 is 10.6 Å². The molecule has 1 saturated heterocycles. The molecular weight excluding hydrogens is 290 g/mol. The van der Waals surface area contributed by atoms with Gasteiger partial charge in [-0.15, -0.1) is 0 Å². The van der Waals surface area contributed by atoms with Crippen LogP contribution in [0.25, 0.3) is 0 Å². The molecule has 1 aromatic carbocycles. The number of nitrogens with one attached hydrogen (secondary N) is 2. The Labute approximate surface area is 138 Å². The van der Waals surface area contributed by atoms with Crippen LogP contribution in [0.4, 0.5) is 5.69 Å². The second kappa shape index (κ2) is 8.67. The first-order valence-corrected chi connectivity index (χ1v) is 8.57. The van der Waals surface area contributed by atoms with E-state index in [1.807, 2.05) is 30.0 Å². The first-order valence-electron chi connectivity index (χ1n) is 8.57. The van der Waals surface area contributed by atoms with Crippen molar-refractivity contribution in [3.8, 4) is 0 Å². The Bertz CT molecular complexity index is 539. The highest BCUT2D eigenvalue weighted by Crippen LogP contribution is 2.18. The van der Waals surface area contributed by atoms with Crippen molar-refractivity contribution in [1.29, 1.82) is 0 Å². The van der Waals surface area contributed by atoms with E-state index in [-0.39, 0.29) is 11.8 Å². The summed E-state index contributed by atoms with van der Waals surface area (Å²) in [5.74, 6) is 0.0183. The Morgan fingerprint density at radius 1 is 1.26 bits per heavy atom. The molecule has 0 radical (unpaired) electrons. The topological polar surface area (TPSA) is 61.4 Å². The van der Waals surface area contributed by atoms with Crippen molar-refractivity contribution >= 4 is 17.5 Å². The van der Waals surface area contributed by atoms with Gasteiger partial charge in [-0.2, -0.15) is 0 Å². The Hall–Kier alpha value is -1.88. The monoisotopic (exact) mass is 317 g/mol. The largest absolute Gasteiger partial charge is 0.336 e. The van der Waals surface area contributed by atoms with Crippen LogP contribution in [0, 0.1) is 0 Å². The molecule has 1 aromatic rings. The first-order chi connectivity index (χ1) is 11.2. The van der Waals surface area contributed by atoms with E-state index in [9.17, 15) is 9.59 Å². The zero-order valence-corrected chi connectivity index (χ0v) is 14.1. The van der Waals surface area contributed by atoms with Gasteiger partial charge in [0.05, 0.1) is 0 Å². The van der Waals surface area contributed by atoms with Gasteiger partial charge in [-0.25, -0.2) is 0 Å². The number of piperidine rings is 1. The van der Waals surface area contributed by atoms with E-state index in [0.29, 0.717) is 23.7 Å². The number of nitrogens with zero attached hydrogens (tertiary/aromatic N) is 1. The number of rotatable bonds is 6. The van der Waals surface area contributed by atoms with Crippen molar-refractivity contribution in [1.82, 2.24) is 10.2 Å². The molecule has 0 aromatic heterocycles. The molecule has 5 nitrogen and oxygen atoms in total. The maximum atomic E-state index is 12.9. The fraction of sp³-hybridized carbons (Fsp3) is 0.556. The SMILES string of the molecule is CCCN(C(=O)c1cccc(NC(=O)CC)c1)C1CCNCC1. The molecule has 0 saturated carbocycles. The molecule has 2 amide bonds. The predicted octanol–water partition coefficient (Wildman–Crippen LogP) is 2.64. The van der Waals surface area contributed by atoms with Gasteiger partial charge < -0.3 is 15.5 Å². The minimum atomic E-state index is -0.0432. The van der Waals surface area contributed by atoms with Gasteiger partial charge in [-0.05, 0) is 50.6 Å². The number of anilines is 1. The summed E-state index contributed by atoms with van der Waals surface area (Å²) in [5, 5.41) is 6.16. The zero-order chi connectivity index (χ0) is 16.7. The van der Waals surface area contributed by atoms with E-state index in [2.05, 4.69) is 17.6 Å². The molecule has 1 aliphatic rings. The van der Waals surface area contributed by atoms with Crippen LogP contribution in [0.3, 0.4) is 0 Å². The van der Waals surface area contributed by atoms with E-state index in [4.69, 9.17) is 0 Å². The fourth-order valence-corrected chi connectivity index (χ4v) is 2.95. The van der Waals surface area contributed by atoms with Crippen molar-refractivity contribution in [2.45, 2.75) is 45.6 Å². The smallest absolute Gasteiger partial charge is 0.254 e. The standard InChI is InChI=1S/C18H27N3O2/c1-3-12-21(16-8-10-19-11-9-16)18(23)14-6-5-7-15(13-14)20-17(22)4-2/h5-7,13,16,19H,3-4,8-12H2,1-2H3,(H,20,22). The van der Waals surface area contributed by atoms with Gasteiger partial charge in [-0.3, -0.25) is 9.59 Å². The minimum absolute atomic E-state index is 0.0432. The predicted molar refractivity (Wildman–Crippen MR) is 92.6 cm³/mol. The fourth-order valence-electron chi connectivity index (χ4n) is 2.95. The zero-order valence-electron chi connectivity index (χ0n) is 14.1. The van der Waals surface area contributed by atoms with Crippen LogP contribution in [-0.2, 0) is 4.79 Å². The van der Waals surface area contributed by atoms with Crippen molar-refractivity contribution in [2.24, 2.45) is 0 Å². The minimum Gasteiger partial charge on any atom is -0.336 e. The average molecular weight is 317 g/mol. The first kappa shape index (κ1) is 17.5. The average Bonchev–Trinajstić information content (AvgIpc) is 2.60. The summed E-state index contributed by atoms with van der Waals surface area (Å²) >= 11 is 0. The number of hydrogen-bond donors (Lipinski definition) is 2. The van der Waals surface area contributed by atoms with Crippen molar-refractivity contribution < 1.29 is 9.59 Å². The van der Waals surface area contributed by atoms with E-state index >= 15 is 0 Å². The van der Waals surface area contributed by atoms with Crippen molar-refractivity contribution in [2.75, 3.05) is 25.0 Å². The molecule has 1 fully saturated rings. The van der Waals surface area contributed by atoms with Crippen molar-refractivity contribution in [3.63, 3.8) is 0 Å².